The van der Waals surface area contributed by atoms with Gasteiger partial charge in [0, 0.05) is 11.6 Å². The standard InChI is InChI=1S/C20H15F5/c1-12(2)13(3)18(17-9-8-16(21)11-19(17)22)10-14-4-6-15(7-5-14)20(23,24)25/h4-11H,1,3H2,2H3/b18-10+. The van der Waals surface area contributed by atoms with Crippen molar-refractivity contribution in [2.24, 2.45) is 0 Å². The van der Waals surface area contributed by atoms with E-state index in [0.29, 0.717) is 22.3 Å². The van der Waals surface area contributed by atoms with Gasteiger partial charge >= 0.3 is 6.18 Å². The van der Waals surface area contributed by atoms with Crippen molar-refractivity contribution in [2.75, 3.05) is 0 Å². The minimum atomic E-state index is -4.44. The Morgan fingerprint density at radius 1 is 0.960 bits per heavy atom. The van der Waals surface area contributed by atoms with E-state index in [4.69, 9.17) is 0 Å². The van der Waals surface area contributed by atoms with Crippen LogP contribution >= 0.6 is 0 Å². The highest BCUT2D eigenvalue weighted by atomic mass is 19.4. The molecule has 0 amide bonds. The van der Waals surface area contributed by atoms with Crippen molar-refractivity contribution in [1.82, 2.24) is 0 Å². The highest BCUT2D eigenvalue weighted by molar-refractivity contribution is 5.93. The van der Waals surface area contributed by atoms with Crippen LogP contribution in [0.2, 0.25) is 0 Å². The number of halogens is 5. The van der Waals surface area contributed by atoms with E-state index in [9.17, 15) is 22.0 Å². The lowest BCUT2D eigenvalue weighted by Gasteiger charge is -2.13. The van der Waals surface area contributed by atoms with Crippen molar-refractivity contribution < 1.29 is 22.0 Å². The van der Waals surface area contributed by atoms with Crippen LogP contribution < -0.4 is 0 Å². The van der Waals surface area contributed by atoms with E-state index in [0.717, 1.165) is 24.3 Å². The first-order valence-corrected chi connectivity index (χ1v) is 7.29. The molecule has 0 N–H and O–H groups in total. The van der Waals surface area contributed by atoms with Crippen LogP contribution in [0, 0.1) is 11.6 Å². The van der Waals surface area contributed by atoms with E-state index in [1.807, 2.05) is 0 Å². The fourth-order valence-electron chi connectivity index (χ4n) is 2.20. The lowest BCUT2D eigenvalue weighted by atomic mass is 9.92. The molecule has 0 aliphatic heterocycles. The van der Waals surface area contributed by atoms with Crippen LogP contribution in [-0.4, -0.2) is 0 Å². The van der Waals surface area contributed by atoms with Crippen molar-refractivity contribution in [3.8, 4) is 0 Å². The molecule has 0 radical (unpaired) electrons. The van der Waals surface area contributed by atoms with E-state index < -0.39 is 23.4 Å². The van der Waals surface area contributed by atoms with E-state index in [1.165, 1.54) is 24.3 Å². The van der Waals surface area contributed by atoms with Gasteiger partial charge in [0.1, 0.15) is 11.6 Å². The van der Waals surface area contributed by atoms with Gasteiger partial charge in [0.15, 0.2) is 0 Å². The average molecular weight is 350 g/mol. The molecule has 0 atom stereocenters. The second-order valence-electron chi connectivity index (χ2n) is 5.56. The van der Waals surface area contributed by atoms with Crippen LogP contribution in [0.4, 0.5) is 22.0 Å². The molecule has 0 saturated carbocycles. The average Bonchev–Trinajstić information content (AvgIpc) is 2.52. The number of alkyl halides is 3. The summed E-state index contributed by atoms with van der Waals surface area (Å²) < 4.78 is 65.2. The van der Waals surface area contributed by atoms with Gasteiger partial charge in [-0.15, -0.1) is 0 Å². The second kappa shape index (κ2) is 7.05. The van der Waals surface area contributed by atoms with Crippen molar-refractivity contribution in [3.63, 3.8) is 0 Å². The van der Waals surface area contributed by atoms with Gasteiger partial charge in [-0.3, -0.25) is 0 Å². The number of allylic oxidation sites excluding steroid dienone is 3. The SMILES string of the molecule is C=C(C)C(=C)/C(=C\c1ccc(C(F)(F)F)cc1)c1ccc(F)cc1F. The van der Waals surface area contributed by atoms with E-state index in [-0.39, 0.29) is 5.56 Å². The minimum Gasteiger partial charge on any atom is -0.207 e. The molecular formula is C20H15F5. The van der Waals surface area contributed by atoms with Gasteiger partial charge in [-0.2, -0.15) is 13.2 Å². The topological polar surface area (TPSA) is 0 Å². The summed E-state index contributed by atoms with van der Waals surface area (Å²) in [5.74, 6) is -1.52. The Labute approximate surface area is 142 Å². The Bertz CT molecular complexity index is 839. The highest BCUT2D eigenvalue weighted by Gasteiger charge is 2.29. The molecule has 2 aromatic carbocycles. The molecule has 0 bridgehead atoms. The van der Waals surface area contributed by atoms with Crippen LogP contribution in [0.3, 0.4) is 0 Å². The lowest BCUT2D eigenvalue weighted by Crippen LogP contribution is -2.04. The summed E-state index contributed by atoms with van der Waals surface area (Å²) in [6.45, 7) is 9.26. The Morgan fingerprint density at radius 3 is 2.04 bits per heavy atom. The maximum atomic E-state index is 14.1. The maximum absolute atomic E-state index is 14.1. The molecule has 0 spiro atoms. The summed E-state index contributed by atoms with van der Waals surface area (Å²) in [6.07, 6.45) is -2.94. The smallest absolute Gasteiger partial charge is 0.207 e. The predicted molar refractivity (Wildman–Crippen MR) is 89.6 cm³/mol. The number of hydrogen-bond donors (Lipinski definition) is 0. The Balaban J connectivity index is 2.54. The molecule has 0 nitrogen and oxygen atoms in total. The number of rotatable bonds is 4. The number of benzene rings is 2. The summed E-state index contributed by atoms with van der Waals surface area (Å²) in [6, 6.07) is 7.52. The maximum Gasteiger partial charge on any atom is 0.416 e. The summed E-state index contributed by atoms with van der Waals surface area (Å²) in [7, 11) is 0. The summed E-state index contributed by atoms with van der Waals surface area (Å²) >= 11 is 0. The molecule has 0 unspecified atom stereocenters. The van der Waals surface area contributed by atoms with E-state index >= 15 is 0 Å². The van der Waals surface area contributed by atoms with Crippen molar-refractivity contribution in [1.29, 1.82) is 0 Å². The first kappa shape index (κ1) is 18.6. The second-order valence-corrected chi connectivity index (χ2v) is 5.56. The number of hydrogen-bond acceptors (Lipinski definition) is 0. The van der Waals surface area contributed by atoms with Gasteiger partial charge < -0.3 is 0 Å². The molecule has 0 fully saturated rings. The lowest BCUT2D eigenvalue weighted by molar-refractivity contribution is -0.137. The van der Waals surface area contributed by atoms with Crippen LogP contribution in [0.25, 0.3) is 11.6 Å². The van der Waals surface area contributed by atoms with Crippen LogP contribution in [0.5, 0.6) is 0 Å². The zero-order valence-electron chi connectivity index (χ0n) is 13.4. The van der Waals surface area contributed by atoms with E-state index in [2.05, 4.69) is 13.2 Å². The Kier molecular flexibility index (Phi) is 5.26. The largest absolute Gasteiger partial charge is 0.416 e. The normalized spacial score (nSPS) is 12.2. The predicted octanol–water partition coefficient (Wildman–Crippen LogP) is 6.66. The minimum absolute atomic E-state index is 0.0919. The van der Waals surface area contributed by atoms with Crippen molar-refractivity contribution in [2.45, 2.75) is 13.1 Å². The van der Waals surface area contributed by atoms with Crippen molar-refractivity contribution >= 4 is 11.6 Å². The van der Waals surface area contributed by atoms with Gasteiger partial charge in [-0.1, -0.05) is 30.9 Å². The molecule has 2 aromatic rings. The molecule has 25 heavy (non-hydrogen) atoms. The fraction of sp³-hybridized carbons (Fsp3) is 0.100. The van der Waals surface area contributed by atoms with Gasteiger partial charge in [0.25, 0.3) is 0 Å². The fourth-order valence-corrected chi connectivity index (χ4v) is 2.20. The molecule has 130 valence electrons. The molecule has 0 aliphatic rings. The molecular weight excluding hydrogens is 335 g/mol. The van der Waals surface area contributed by atoms with Gasteiger partial charge in [-0.05, 0) is 54.0 Å². The van der Waals surface area contributed by atoms with Gasteiger partial charge in [0.2, 0.25) is 0 Å². The highest BCUT2D eigenvalue weighted by Crippen LogP contribution is 2.32. The molecule has 0 heterocycles. The quantitative estimate of drug-likeness (QED) is 0.329. The first-order chi connectivity index (χ1) is 11.6. The first-order valence-electron chi connectivity index (χ1n) is 7.29. The molecule has 5 heteroatoms. The van der Waals surface area contributed by atoms with Crippen LogP contribution in [0.15, 0.2) is 66.8 Å². The summed E-state index contributed by atoms with van der Waals surface area (Å²) in [4.78, 5) is 0. The third kappa shape index (κ3) is 4.44. The van der Waals surface area contributed by atoms with Crippen molar-refractivity contribution in [3.05, 3.63) is 95.1 Å². The molecule has 2 rings (SSSR count). The Morgan fingerprint density at radius 2 is 1.56 bits per heavy atom. The zero-order valence-corrected chi connectivity index (χ0v) is 13.4. The molecule has 0 aliphatic carbocycles. The third-order valence-electron chi connectivity index (χ3n) is 3.61. The molecule has 0 aromatic heterocycles. The van der Waals surface area contributed by atoms with Crippen LogP contribution in [-0.2, 0) is 6.18 Å². The van der Waals surface area contributed by atoms with Gasteiger partial charge in [-0.25, -0.2) is 8.78 Å². The van der Waals surface area contributed by atoms with E-state index in [1.54, 1.807) is 6.92 Å². The molecule has 0 saturated heterocycles. The monoisotopic (exact) mass is 350 g/mol. The Hall–Kier alpha value is -2.69. The zero-order chi connectivity index (χ0) is 18.8. The summed E-state index contributed by atoms with van der Waals surface area (Å²) in [5, 5.41) is 0. The summed E-state index contributed by atoms with van der Waals surface area (Å²) in [5.41, 5.74) is 1.03. The van der Waals surface area contributed by atoms with Crippen LogP contribution in [0.1, 0.15) is 23.6 Å². The van der Waals surface area contributed by atoms with Gasteiger partial charge in [0.05, 0.1) is 5.56 Å². The third-order valence-corrected chi connectivity index (χ3v) is 3.61.